The van der Waals surface area contributed by atoms with Crippen LogP contribution in [0.4, 0.5) is 0 Å². The first-order valence-corrected chi connectivity index (χ1v) is 15.6. The first-order valence-electron chi connectivity index (χ1n) is 15.6. The Morgan fingerprint density at radius 2 is 1.15 bits per heavy atom. The van der Waals surface area contributed by atoms with Crippen LogP contribution in [0.1, 0.15) is 17.2 Å². The van der Waals surface area contributed by atoms with Crippen molar-refractivity contribution in [2.45, 2.75) is 73.9 Å². The summed E-state index contributed by atoms with van der Waals surface area (Å²) >= 11 is 0. The van der Waals surface area contributed by atoms with E-state index in [0.717, 1.165) is 5.56 Å². The molecule has 9 N–H and O–H groups in total. The minimum absolute atomic E-state index is 0.113. The van der Waals surface area contributed by atoms with Crippen LogP contribution in [-0.2, 0) is 20.6 Å². The van der Waals surface area contributed by atoms with E-state index in [1.807, 2.05) is 0 Å². The lowest BCUT2D eigenvalue weighted by Gasteiger charge is -2.39. The molecule has 5 rings (SSSR count). The summed E-state index contributed by atoms with van der Waals surface area (Å²) in [6, 6.07) is 10.1. The van der Waals surface area contributed by atoms with Crippen LogP contribution in [0.2, 0.25) is 0 Å². The van der Waals surface area contributed by atoms with Gasteiger partial charge in [-0.25, -0.2) is 0 Å². The van der Waals surface area contributed by atoms with Gasteiger partial charge >= 0.3 is 0 Å². The molecule has 16 heteroatoms. The second-order valence-electron chi connectivity index (χ2n) is 12.1. The Morgan fingerprint density at radius 3 is 1.65 bits per heavy atom. The predicted octanol–water partition coefficient (Wildman–Crippen LogP) is -2.40. The molecule has 16 nitrogen and oxygen atoms in total. The third kappa shape index (κ3) is 7.35. The van der Waals surface area contributed by atoms with Crippen molar-refractivity contribution in [2.24, 2.45) is 11.8 Å². The Morgan fingerprint density at radius 1 is 0.625 bits per heavy atom. The number of hydrogen-bond acceptors (Lipinski definition) is 16. The molecule has 3 aliphatic rings. The number of aliphatic hydroxyl groups is 9. The smallest absolute Gasteiger partial charge is 0.229 e. The molecule has 0 amide bonds. The maximum Gasteiger partial charge on any atom is 0.229 e. The zero-order chi connectivity index (χ0) is 34.7. The average molecular weight is 685 g/mol. The zero-order valence-electron chi connectivity index (χ0n) is 26.4. The Balaban J connectivity index is 1.26. The van der Waals surface area contributed by atoms with Crippen LogP contribution in [0, 0.1) is 11.8 Å². The van der Waals surface area contributed by atoms with E-state index in [4.69, 9.17) is 33.2 Å². The summed E-state index contributed by atoms with van der Waals surface area (Å²) in [5.41, 5.74) is 1.52. The van der Waals surface area contributed by atoms with Crippen molar-refractivity contribution in [3.63, 3.8) is 0 Å². The highest BCUT2D eigenvalue weighted by atomic mass is 16.7. The summed E-state index contributed by atoms with van der Waals surface area (Å²) in [6.07, 6.45) is -14.5. The van der Waals surface area contributed by atoms with Crippen molar-refractivity contribution < 1.29 is 79.1 Å². The van der Waals surface area contributed by atoms with Gasteiger partial charge in [0.25, 0.3) is 0 Å². The molecule has 2 aromatic rings. The SMILES string of the molecule is COc1cc(C[C@@H]2CO[C@H](c3ccc(O[C@@H]4O[C@H](CO)[C@@H](O)[C@H](O)[C@H]4O)c(OC)c3)[C@H]2CO)ccc1O[C@@H]1O[C@H](CO)[C@@H](O)[C@H](O)[C@H]1O. The summed E-state index contributed by atoms with van der Waals surface area (Å²) in [7, 11) is 2.85. The first-order chi connectivity index (χ1) is 23.0. The minimum Gasteiger partial charge on any atom is -0.493 e. The predicted molar refractivity (Wildman–Crippen MR) is 161 cm³/mol. The molecule has 13 atom stereocenters. The fourth-order valence-electron chi connectivity index (χ4n) is 6.30. The quantitative estimate of drug-likeness (QED) is 0.113. The van der Waals surface area contributed by atoms with Gasteiger partial charge in [0.1, 0.15) is 48.8 Å². The Bertz CT molecular complexity index is 1340. The molecule has 0 aliphatic carbocycles. The number of hydrogen-bond donors (Lipinski definition) is 9. The summed E-state index contributed by atoms with van der Waals surface area (Å²) in [5.74, 6) is 0.496. The number of rotatable bonds is 12. The second kappa shape index (κ2) is 15.8. The summed E-state index contributed by atoms with van der Waals surface area (Å²) in [6.45, 7) is -1.05. The molecular formula is C32H44O16. The fourth-order valence-corrected chi connectivity index (χ4v) is 6.30. The van der Waals surface area contributed by atoms with Crippen molar-refractivity contribution in [3.05, 3.63) is 47.5 Å². The summed E-state index contributed by atoms with van der Waals surface area (Å²) in [5, 5.41) is 90.4. The van der Waals surface area contributed by atoms with Gasteiger partial charge in [0.05, 0.1) is 40.1 Å². The number of methoxy groups -OCH3 is 2. The molecule has 268 valence electrons. The van der Waals surface area contributed by atoms with Crippen molar-refractivity contribution in [1.29, 1.82) is 0 Å². The van der Waals surface area contributed by atoms with Crippen LogP contribution < -0.4 is 18.9 Å². The summed E-state index contributed by atoms with van der Waals surface area (Å²) < 4.78 is 39.6. The van der Waals surface area contributed by atoms with Gasteiger partial charge in [-0.2, -0.15) is 0 Å². The monoisotopic (exact) mass is 684 g/mol. The van der Waals surface area contributed by atoms with E-state index in [2.05, 4.69) is 0 Å². The van der Waals surface area contributed by atoms with Gasteiger partial charge in [0, 0.05) is 12.5 Å². The van der Waals surface area contributed by atoms with Gasteiger partial charge in [-0.05, 0) is 47.7 Å². The van der Waals surface area contributed by atoms with E-state index in [1.165, 1.54) is 14.2 Å². The van der Waals surface area contributed by atoms with E-state index >= 15 is 0 Å². The Hall–Kier alpha value is -2.84. The molecule has 3 heterocycles. The van der Waals surface area contributed by atoms with E-state index in [0.29, 0.717) is 24.3 Å². The normalized spacial score (nSPS) is 36.9. The number of aliphatic hydroxyl groups excluding tert-OH is 9. The van der Waals surface area contributed by atoms with Crippen LogP contribution in [0.5, 0.6) is 23.0 Å². The van der Waals surface area contributed by atoms with Gasteiger partial charge in [-0.1, -0.05) is 12.1 Å². The van der Waals surface area contributed by atoms with E-state index in [9.17, 15) is 46.0 Å². The lowest BCUT2D eigenvalue weighted by Crippen LogP contribution is -2.60. The second-order valence-corrected chi connectivity index (χ2v) is 12.1. The maximum absolute atomic E-state index is 10.4. The fraction of sp³-hybridized carbons (Fsp3) is 0.625. The molecule has 0 saturated carbocycles. The maximum atomic E-state index is 10.4. The Kier molecular flexibility index (Phi) is 12.0. The van der Waals surface area contributed by atoms with Gasteiger partial charge in [0.2, 0.25) is 12.6 Å². The molecule has 0 spiro atoms. The average Bonchev–Trinajstić information content (AvgIpc) is 3.51. The molecule has 0 unspecified atom stereocenters. The van der Waals surface area contributed by atoms with Crippen molar-refractivity contribution in [1.82, 2.24) is 0 Å². The minimum atomic E-state index is -1.61. The highest BCUT2D eigenvalue weighted by Gasteiger charge is 2.46. The topological polar surface area (TPSA) is 247 Å². The van der Waals surface area contributed by atoms with Gasteiger partial charge in [-0.15, -0.1) is 0 Å². The molecule has 0 aromatic heterocycles. The zero-order valence-corrected chi connectivity index (χ0v) is 26.4. The van der Waals surface area contributed by atoms with E-state index < -0.39 is 80.7 Å². The van der Waals surface area contributed by atoms with Crippen LogP contribution in [0.3, 0.4) is 0 Å². The standard InChI is InChI=1S/C32H44O16/c1-42-20-8-14(3-5-18(20)45-31-28(40)26(38)24(36)22(11-34)47-31)7-16-13-44-30(17(16)10-33)15-4-6-19(21(9-15)43-2)46-32-29(41)27(39)25(37)23(12-35)48-32/h3-6,8-9,16-17,22-41H,7,10-13H2,1-2H3/t16-,17+,22-,23-,24-,25-,26+,27+,28-,29-,30-,31-,32-/m1/s1. The number of ether oxygens (including phenoxy) is 7. The highest BCUT2D eigenvalue weighted by Crippen LogP contribution is 2.43. The lowest BCUT2D eigenvalue weighted by molar-refractivity contribution is -0.277. The molecule has 0 radical (unpaired) electrons. The van der Waals surface area contributed by atoms with Gasteiger partial charge in [-0.3, -0.25) is 0 Å². The third-order valence-corrected chi connectivity index (χ3v) is 9.12. The van der Waals surface area contributed by atoms with Gasteiger partial charge in [0.15, 0.2) is 23.0 Å². The number of benzene rings is 2. The summed E-state index contributed by atoms with van der Waals surface area (Å²) in [4.78, 5) is 0. The Labute approximate surface area is 276 Å². The molecule has 48 heavy (non-hydrogen) atoms. The first kappa shape index (κ1) is 36.4. The van der Waals surface area contributed by atoms with E-state index in [-0.39, 0.29) is 35.7 Å². The molecule has 3 fully saturated rings. The van der Waals surface area contributed by atoms with Crippen LogP contribution in [0.15, 0.2) is 36.4 Å². The largest absolute Gasteiger partial charge is 0.493 e. The molecule has 0 bridgehead atoms. The lowest BCUT2D eigenvalue weighted by atomic mass is 9.84. The highest BCUT2D eigenvalue weighted by molar-refractivity contribution is 5.45. The van der Waals surface area contributed by atoms with Crippen LogP contribution in [0.25, 0.3) is 0 Å². The molecule has 2 aromatic carbocycles. The van der Waals surface area contributed by atoms with Crippen molar-refractivity contribution in [3.8, 4) is 23.0 Å². The van der Waals surface area contributed by atoms with Gasteiger partial charge < -0.3 is 79.1 Å². The molecule has 3 saturated heterocycles. The van der Waals surface area contributed by atoms with E-state index in [1.54, 1.807) is 36.4 Å². The molecular weight excluding hydrogens is 640 g/mol. The van der Waals surface area contributed by atoms with Crippen molar-refractivity contribution in [2.75, 3.05) is 40.6 Å². The molecule has 3 aliphatic heterocycles. The van der Waals surface area contributed by atoms with Crippen LogP contribution >= 0.6 is 0 Å². The third-order valence-electron chi connectivity index (χ3n) is 9.12. The van der Waals surface area contributed by atoms with Crippen molar-refractivity contribution >= 4 is 0 Å². The van der Waals surface area contributed by atoms with Crippen LogP contribution in [-0.4, -0.2) is 148 Å².